The van der Waals surface area contributed by atoms with Crippen LogP contribution in [-0.4, -0.2) is 6.18 Å². The number of halogens is 4. The average molecular weight is 236 g/mol. The van der Waals surface area contributed by atoms with Gasteiger partial charge in [0.25, 0.3) is 0 Å². The van der Waals surface area contributed by atoms with Gasteiger partial charge in [0.15, 0.2) is 0 Å². The molecule has 90 valence electrons. The van der Waals surface area contributed by atoms with E-state index in [2.05, 4.69) is 5.43 Å². The molecule has 1 rings (SSSR count). The Bertz CT molecular complexity index is 362. The van der Waals surface area contributed by atoms with Crippen molar-refractivity contribution in [1.82, 2.24) is 5.43 Å². The Kier molecular flexibility index (Phi) is 3.88. The molecule has 0 fully saturated rings. The van der Waals surface area contributed by atoms with Gasteiger partial charge in [-0.2, -0.15) is 13.2 Å². The normalized spacial score (nSPS) is 13.9. The summed E-state index contributed by atoms with van der Waals surface area (Å²) >= 11 is 0. The van der Waals surface area contributed by atoms with Crippen molar-refractivity contribution < 1.29 is 17.6 Å². The molecule has 0 saturated heterocycles. The fourth-order valence-electron chi connectivity index (χ4n) is 1.52. The van der Waals surface area contributed by atoms with E-state index in [1.165, 1.54) is 12.1 Å². The smallest absolute Gasteiger partial charge is 0.271 e. The van der Waals surface area contributed by atoms with E-state index >= 15 is 0 Å². The van der Waals surface area contributed by atoms with E-state index in [1.54, 1.807) is 6.92 Å². The van der Waals surface area contributed by atoms with Gasteiger partial charge in [-0.25, -0.2) is 4.39 Å². The molecule has 2 nitrogen and oxygen atoms in total. The molecule has 1 atom stereocenters. The molecule has 0 aromatic heterocycles. The number of benzene rings is 1. The van der Waals surface area contributed by atoms with Crippen LogP contribution in [0, 0.1) is 12.7 Å². The lowest BCUT2D eigenvalue weighted by atomic mass is 9.99. The summed E-state index contributed by atoms with van der Waals surface area (Å²) in [5, 5.41) is 0. The predicted octanol–water partition coefficient (Wildman–Crippen LogP) is 2.59. The second-order valence-electron chi connectivity index (χ2n) is 3.54. The number of hydrazine groups is 1. The molecular weight excluding hydrogens is 224 g/mol. The first-order valence-corrected chi connectivity index (χ1v) is 4.62. The van der Waals surface area contributed by atoms with Gasteiger partial charge in [-0.3, -0.25) is 11.3 Å². The molecule has 0 aliphatic carbocycles. The van der Waals surface area contributed by atoms with Gasteiger partial charge in [0.2, 0.25) is 0 Å². The largest absolute Gasteiger partial charge is 0.390 e. The van der Waals surface area contributed by atoms with Crippen LogP contribution >= 0.6 is 0 Å². The van der Waals surface area contributed by atoms with Crippen LogP contribution in [0.1, 0.15) is 23.6 Å². The molecule has 3 N–H and O–H groups in total. The highest BCUT2D eigenvalue weighted by Crippen LogP contribution is 2.30. The number of aryl methyl sites for hydroxylation is 1. The molecule has 0 aliphatic rings. The highest BCUT2D eigenvalue weighted by atomic mass is 19.4. The van der Waals surface area contributed by atoms with Crippen molar-refractivity contribution in [2.75, 3.05) is 0 Å². The van der Waals surface area contributed by atoms with Gasteiger partial charge < -0.3 is 0 Å². The number of hydrogen-bond acceptors (Lipinski definition) is 2. The minimum absolute atomic E-state index is 0.348. The molecule has 0 bridgehead atoms. The lowest BCUT2D eigenvalue weighted by Gasteiger charge is -2.19. The summed E-state index contributed by atoms with van der Waals surface area (Å²) in [6, 6.07) is 2.54. The third-order valence-corrected chi connectivity index (χ3v) is 2.24. The van der Waals surface area contributed by atoms with Crippen LogP contribution in [0.2, 0.25) is 0 Å². The molecular formula is C10H12F4N2. The Morgan fingerprint density at radius 2 is 2.00 bits per heavy atom. The zero-order valence-corrected chi connectivity index (χ0v) is 8.61. The highest BCUT2D eigenvalue weighted by Gasteiger charge is 2.32. The first-order valence-electron chi connectivity index (χ1n) is 4.62. The number of hydrogen-bond donors (Lipinski definition) is 2. The van der Waals surface area contributed by atoms with E-state index in [1.807, 2.05) is 0 Å². The summed E-state index contributed by atoms with van der Waals surface area (Å²) in [4.78, 5) is 0. The molecule has 0 aliphatic heterocycles. The maximum absolute atomic E-state index is 12.8. The first kappa shape index (κ1) is 12.9. The van der Waals surface area contributed by atoms with Gasteiger partial charge in [0.1, 0.15) is 5.82 Å². The van der Waals surface area contributed by atoms with E-state index in [0.717, 1.165) is 6.07 Å². The highest BCUT2D eigenvalue weighted by molar-refractivity contribution is 5.29. The van der Waals surface area contributed by atoms with Crippen molar-refractivity contribution in [3.05, 3.63) is 35.1 Å². The second kappa shape index (κ2) is 4.80. The van der Waals surface area contributed by atoms with E-state index in [0.29, 0.717) is 11.1 Å². The SMILES string of the molecule is Cc1cc(F)ccc1C(CC(F)(F)F)NN. The Hall–Kier alpha value is -1.14. The molecule has 0 saturated carbocycles. The molecule has 0 radical (unpaired) electrons. The summed E-state index contributed by atoms with van der Waals surface area (Å²) in [5.41, 5.74) is 2.88. The van der Waals surface area contributed by atoms with Crippen molar-refractivity contribution in [2.24, 2.45) is 5.84 Å². The van der Waals surface area contributed by atoms with E-state index in [-0.39, 0.29) is 0 Å². The standard InChI is InChI=1S/C10H12F4N2/c1-6-4-7(11)2-3-8(6)9(16-15)5-10(12,13)14/h2-4,9,16H,5,15H2,1H3. The third-order valence-electron chi connectivity index (χ3n) is 2.24. The topological polar surface area (TPSA) is 38.0 Å². The average Bonchev–Trinajstić information content (AvgIpc) is 2.13. The molecule has 0 spiro atoms. The fraction of sp³-hybridized carbons (Fsp3) is 0.400. The van der Waals surface area contributed by atoms with Gasteiger partial charge in [-0.15, -0.1) is 0 Å². The zero-order chi connectivity index (χ0) is 12.3. The van der Waals surface area contributed by atoms with Gasteiger partial charge in [0.05, 0.1) is 12.5 Å². The summed E-state index contributed by atoms with van der Waals surface area (Å²) in [6.07, 6.45) is -5.41. The monoisotopic (exact) mass is 236 g/mol. The van der Waals surface area contributed by atoms with Crippen LogP contribution in [0.15, 0.2) is 18.2 Å². The summed E-state index contributed by atoms with van der Waals surface area (Å²) < 4.78 is 49.4. The first-order chi connectivity index (χ1) is 7.33. The Morgan fingerprint density at radius 1 is 1.38 bits per heavy atom. The molecule has 1 aromatic carbocycles. The van der Waals surface area contributed by atoms with Crippen molar-refractivity contribution in [1.29, 1.82) is 0 Å². The van der Waals surface area contributed by atoms with E-state index in [9.17, 15) is 17.6 Å². The van der Waals surface area contributed by atoms with Gasteiger partial charge in [-0.1, -0.05) is 6.07 Å². The number of rotatable bonds is 3. The quantitative estimate of drug-likeness (QED) is 0.481. The minimum atomic E-state index is -4.32. The van der Waals surface area contributed by atoms with Crippen molar-refractivity contribution >= 4 is 0 Å². The zero-order valence-electron chi connectivity index (χ0n) is 8.61. The molecule has 1 aromatic rings. The summed E-state index contributed by atoms with van der Waals surface area (Å²) in [6.45, 7) is 1.54. The molecule has 16 heavy (non-hydrogen) atoms. The number of nitrogens with one attached hydrogen (secondary N) is 1. The molecule has 1 unspecified atom stereocenters. The van der Waals surface area contributed by atoms with Crippen LogP contribution in [0.3, 0.4) is 0 Å². The van der Waals surface area contributed by atoms with Crippen molar-refractivity contribution in [2.45, 2.75) is 25.6 Å². The van der Waals surface area contributed by atoms with Crippen molar-refractivity contribution in [3.8, 4) is 0 Å². The maximum Gasteiger partial charge on any atom is 0.390 e. The Balaban J connectivity index is 2.95. The molecule has 6 heteroatoms. The van der Waals surface area contributed by atoms with Crippen LogP contribution in [-0.2, 0) is 0 Å². The lowest BCUT2D eigenvalue weighted by molar-refractivity contribution is -0.140. The minimum Gasteiger partial charge on any atom is -0.271 e. The van der Waals surface area contributed by atoms with Crippen LogP contribution in [0.4, 0.5) is 17.6 Å². The maximum atomic E-state index is 12.8. The Morgan fingerprint density at radius 3 is 2.44 bits per heavy atom. The van der Waals surface area contributed by atoms with Gasteiger partial charge in [-0.05, 0) is 30.2 Å². The number of alkyl halides is 3. The molecule has 0 heterocycles. The molecule has 0 amide bonds. The van der Waals surface area contributed by atoms with Crippen LogP contribution in [0.25, 0.3) is 0 Å². The lowest BCUT2D eigenvalue weighted by Crippen LogP contribution is -2.32. The third kappa shape index (κ3) is 3.46. The van der Waals surface area contributed by atoms with E-state index in [4.69, 9.17) is 5.84 Å². The van der Waals surface area contributed by atoms with Gasteiger partial charge in [0, 0.05) is 0 Å². The summed E-state index contributed by atoms with van der Waals surface area (Å²) in [5.74, 6) is 4.59. The fourth-order valence-corrected chi connectivity index (χ4v) is 1.52. The predicted molar refractivity (Wildman–Crippen MR) is 51.9 cm³/mol. The van der Waals surface area contributed by atoms with Gasteiger partial charge >= 0.3 is 6.18 Å². The summed E-state index contributed by atoms with van der Waals surface area (Å²) in [7, 11) is 0. The Labute approximate surface area is 90.4 Å². The number of nitrogens with two attached hydrogens (primary N) is 1. The van der Waals surface area contributed by atoms with E-state index < -0.39 is 24.5 Å². The van der Waals surface area contributed by atoms with Crippen molar-refractivity contribution in [3.63, 3.8) is 0 Å². The van der Waals surface area contributed by atoms with Crippen LogP contribution in [0.5, 0.6) is 0 Å². The second-order valence-corrected chi connectivity index (χ2v) is 3.54. The van der Waals surface area contributed by atoms with Crippen LogP contribution < -0.4 is 11.3 Å².